The van der Waals surface area contributed by atoms with Crippen molar-refractivity contribution in [1.29, 1.82) is 0 Å². The maximum absolute atomic E-state index is 12.8. The van der Waals surface area contributed by atoms with Crippen LogP contribution >= 0.6 is 0 Å². The van der Waals surface area contributed by atoms with Gasteiger partial charge >= 0.3 is 18.5 Å². The van der Waals surface area contributed by atoms with Gasteiger partial charge in [-0.2, -0.15) is 13.2 Å². The number of ether oxygens (including phenoxy) is 2. The van der Waals surface area contributed by atoms with Crippen molar-refractivity contribution in [3.05, 3.63) is 17.5 Å². The molecule has 0 amide bonds. The summed E-state index contributed by atoms with van der Waals surface area (Å²) in [7, 11) is 0. The number of halogens is 6. The average molecular weight is 333 g/mol. The van der Waals surface area contributed by atoms with Crippen molar-refractivity contribution in [1.82, 2.24) is 4.98 Å². The van der Waals surface area contributed by atoms with Gasteiger partial charge in [-0.15, -0.1) is 13.2 Å². The Bertz CT molecular complexity index is 555. The Morgan fingerprint density at radius 2 is 1.86 bits per heavy atom. The van der Waals surface area contributed by atoms with Crippen LogP contribution in [0.1, 0.15) is 18.2 Å². The number of carbonyl (C=O) groups is 1. The summed E-state index contributed by atoms with van der Waals surface area (Å²) >= 11 is 0. The molecule has 1 aromatic heterocycles. The molecule has 0 aliphatic carbocycles. The number of carbonyl (C=O) groups excluding carboxylic acids is 1. The topological polar surface area (TPSA) is 68.7 Å². The molecule has 0 aliphatic rings. The molecule has 1 heterocycles. The molecule has 1 rings (SSSR count). The molecule has 124 valence electrons. The van der Waals surface area contributed by atoms with Gasteiger partial charge in [0.2, 0.25) is 0 Å². The molecule has 0 fully saturated rings. The van der Waals surface area contributed by atoms with E-state index in [4.69, 9.17) is 0 Å². The van der Waals surface area contributed by atoms with Crippen LogP contribution in [0.25, 0.3) is 0 Å². The maximum Gasteiger partial charge on any atom is 0.573 e. The molecule has 0 spiro atoms. The number of aromatic nitrogens is 1. The van der Waals surface area contributed by atoms with Gasteiger partial charge in [0.25, 0.3) is 0 Å². The van der Waals surface area contributed by atoms with E-state index in [2.05, 4.69) is 14.5 Å². The molecule has 0 saturated carbocycles. The Balaban J connectivity index is 3.42. The van der Waals surface area contributed by atoms with E-state index in [1.807, 2.05) is 0 Å². The van der Waals surface area contributed by atoms with E-state index >= 15 is 0 Å². The highest BCUT2D eigenvalue weighted by Crippen LogP contribution is 2.41. The van der Waals surface area contributed by atoms with Crippen LogP contribution in [0.5, 0.6) is 11.5 Å². The molecule has 0 unspecified atom stereocenters. The first kappa shape index (κ1) is 17.9. The molecular weight excluding hydrogens is 324 g/mol. The molecule has 0 atom stereocenters. The summed E-state index contributed by atoms with van der Waals surface area (Å²) in [5, 5.41) is 9.28. The van der Waals surface area contributed by atoms with Gasteiger partial charge in [-0.25, -0.2) is 4.98 Å². The summed E-state index contributed by atoms with van der Waals surface area (Å²) in [6.07, 6.45) is -11.6. The Morgan fingerprint density at radius 1 is 1.27 bits per heavy atom. The number of hydrogen-bond acceptors (Lipinski definition) is 5. The second-order valence-electron chi connectivity index (χ2n) is 3.83. The van der Waals surface area contributed by atoms with Gasteiger partial charge in [-0.05, 0) is 6.92 Å². The molecule has 0 bridgehead atoms. The largest absolute Gasteiger partial charge is 0.573 e. The number of rotatable bonds is 4. The minimum atomic E-state index is -5.37. The van der Waals surface area contributed by atoms with E-state index in [1.165, 1.54) is 6.92 Å². The first-order valence-corrected chi connectivity index (χ1v) is 5.65. The van der Waals surface area contributed by atoms with E-state index < -0.39 is 47.7 Å². The second kappa shape index (κ2) is 6.28. The lowest BCUT2D eigenvalue weighted by atomic mass is 10.1. The van der Waals surface area contributed by atoms with Crippen molar-refractivity contribution in [2.45, 2.75) is 25.9 Å². The van der Waals surface area contributed by atoms with Crippen LogP contribution in [0, 0.1) is 0 Å². The molecule has 0 saturated heterocycles. The second-order valence-corrected chi connectivity index (χ2v) is 3.83. The van der Waals surface area contributed by atoms with Gasteiger partial charge in [-0.3, -0.25) is 4.79 Å². The Hall–Kier alpha value is -2.20. The van der Waals surface area contributed by atoms with Crippen LogP contribution in [0.4, 0.5) is 26.3 Å². The van der Waals surface area contributed by atoms with Crippen molar-refractivity contribution >= 4 is 5.97 Å². The van der Waals surface area contributed by atoms with Crippen LogP contribution in [0.2, 0.25) is 0 Å². The SMILES string of the molecule is CCOC(=O)Cc1c(C(F)(F)F)ncc(O)c1OC(F)(F)F. The van der Waals surface area contributed by atoms with Gasteiger partial charge in [0.05, 0.1) is 19.2 Å². The summed E-state index contributed by atoms with van der Waals surface area (Å²) in [6.45, 7) is 1.16. The number of hydrogen-bond donors (Lipinski definition) is 1. The lowest BCUT2D eigenvalue weighted by Crippen LogP contribution is -2.22. The van der Waals surface area contributed by atoms with Gasteiger partial charge in [0.15, 0.2) is 17.2 Å². The van der Waals surface area contributed by atoms with Gasteiger partial charge < -0.3 is 14.6 Å². The van der Waals surface area contributed by atoms with Crippen LogP contribution < -0.4 is 4.74 Å². The number of alkyl halides is 6. The zero-order valence-electron chi connectivity index (χ0n) is 10.9. The van der Waals surface area contributed by atoms with Crippen molar-refractivity contribution in [3.8, 4) is 11.5 Å². The number of aromatic hydroxyl groups is 1. The third-order valence-corrected chi connectivity index (χ3v) is 2.22. The summed E-state index contributed by atoms with van der Waals surface area (Å²) < 4.78 is 82.9. The van der Waals surface area contributed by atoms with Crippen molar-refractivity contribution < 1.29 is 45.7 Å². The minimum Gasteiger partial charge on any atom is -0.503 e. The third kappa shape index (κ3) is 4.67. The van der Waals surface area contributed by atoms with E-state index in [9.17, 15) is 36.2 Å². The number of esters is 1. The molecular formula is C11H9F6NO4. The van der Waals surface area contributed by atoms with E-state index in [0.29, 0.717) is 0 Å². The van der Waals surface area contributed by atoms with Gasteiger partial charge in [0.1, 0.15) is 0 Å². The van der Waals surface area contributed by atoms with E-state index in [1.54, 1.807) is 0 Å². The maximum atomic E-state index is 12.8. The summed E-state index contributed by atoms with van der Waals surface area (Å²) in [5.41, 5.74) is -3.04. The predicted octanol–water partition coefficient (Wildman–Crippen LogP) is 2.81. The van der Waals surface area contributed by atoms with Gasteiger partial charge in [0, 0.05) is 5.56 Å². The van der Waals surface area contributed by atoms with Crippen LogP contribution in [-0.4, -0.2) is 29.0 Å². The number of pyridine rings is 1. The normalized spacial score (nSPS) is 12.1. The molecule has 5 nitrogen and oxygen atoms in total. The first-order valence-electron chi connectivity index (χ1n) is 5.65. The zero-order chi connectivity index (χ0) is 17.1. The minimum absolute atomic E-state index is 0.151. The lowest BCUT2D eigenvalue weighted by Gasteiger charge is -2.18. The van der Waals surface area contributed by atoms with Crippen LogP contribution in [0.3, 0.4) is 0 Å². The highest BCUT2D eigenvalue weighted by atomic mass is 19.4. The molecule has 22 heavy (non-hydrogen) atoms. The summed E-state index contributed by atoms with van der Waals surface area (Å²) in [5.74, 6) is -4.06. The number of nitrogens with zero attached hydrogens (tertiary/aromatic N) is 1. The molecule has 1 aromatic rings. The van der Waals surface area contributed by atoms with Crippen molar-refractivity contribution in [3.63, 3.8) is 0 Å². The van der Waals surface area contributed by atoms with Crippen LogP contribution in [0.15, 0.2) is 6.20 Å². The average Bonchev–Trinajstić information content (AvgIpc) is 2.31. The highest BCUT2D eigenvalue weighted by Gasteiger charge is 2.41. The standard InChI is InChI=1S/C11H9F6NO4/c1-2-21-7(20)3-5-8(22-11(15,16)17)6(19)4-18-9(5)10(12,13)14/h4,19H,2-3H2,1H3. The monoisotopic (exact) mass is 333 g/mol. The highest BCUT2D eigenvalue weighted by molar-refractivity contribution is 5.74. The molecule has 0 radical (unpaired) electrons. The Labute approximate surface area is 119 Å². The predicted molar refractivity (Wildman–Crippen MR) is 57.9 cm³/mol. The lowest BCUT2D eigenvalue weighted by molar-refractivity contribution is -0.275. The third-order valence-electron chi connectivity index (χ3n) is 2.22. The van der Waals surface area contributed by atoms with Crippen LogP contribution in [-0.2, 0) is 22.1 Å². The molecule has 11 heteroatoms. The smallest absolute Gasteiger partial charge is 0.503 e. The Morgan fingerprint density at radius 3 is 2.32 bits per heavy atom. The molecule has 0 aromatic carbocycles. The first-order chi connectivity index (χ1) is 9.95. The fourth-order valence-electron chi connectivity index (χ4n) is 1.52. The fourth-order valence-corrected chi connectivity index (χ4v) is 1.52. The summed E-state index contributed by atoms with van der Waals surface area (Å²) in [6, 6.07) is 0. The van der Waals surface area contributed by atoms with E-state index in [0.717, 1.165) is 0 Å². The van der Waals surface area contributed by atoms with Crippen molar-refractivity contribution in [2.24, 2.45) is 0 Å². The zero-order valence-corrected chi connectivity index (χ0v) is 10.9. The fraction of sp³-hybridized carbons (Fsp3) is 0.455. The van der Waals surface area contributed by atoms with E-state index in [-0.39, 0.29) is 12.8 Å². The molecule has 0 aliphatic heterocycles. The van der Waals surface area contributed by atoms with Crippen molar-refractivity contribution in [2.75, 3.05) is 6.61 Å². The molecule has 1 N–H and O–H groups in total. The quantitative estimate of drug-likeness (QED) is 0.678. The Kier molecular flexibility index (Phi) is 5.09. The van der Waals surface area contributed by atoms with Gasteiger partial charge in [-0.1, -0.05) is 0 Å². The summed E-state index contributed by atoms with van der Waals surface area (Å²) in [4.78, 5) is 14.1.